The van der Waals surface area contributed by atoms with Crippen molar-refractivity contribution >= 4 is 18.5 Å². The SMILES string of the molecule is COc1ccc([C@H]2NC(=O)OCC2(C)C)c(OC)c1.Cl. The van der Waals surface area contributed by atoms with E-state index >= 15 is 0 Å². The summed E-state index contributed by atoms with van der Waals surface area (Å²) in [4.78, 5) is 11.5. The fraction of sp³-hybridized carbons (Fsp3) is 0.500. The maximum atomic E-state index is 11.5. The highest BCUT2D eigenvalue weighted by atomic mass is 35.5. The van der Waals surface area contributed by atoms with E-state index in [2.05, 4.69) is 5.32 Å². The van der Waals surface area contributed by atoms with Gasteiger partial charge in [0.1, 0.15) is 18.1 Å². The molecule has 2 rings (SSSR count). The van der Waals surface area contributed by atoms with Crippen molar-refractivity contribution in [3.05, 3.63) is 23.8 Å². The highest BCUT2D eigenvalue weighted by Crippen LogP contribution is 2.41. The molecule has 0 aliphatic carbocycles. The zero-order valence-electron chi connectivity index (χ0n) is 12.1. The van der Waals surface area contributed by atoms with E-state index < -0.39 is 6.09 Å². The zero-order chi connectivity index (χ0) is 14.0. The first-order chi connectivity index (χ1) is 8.97. The van der Waals surface area contributed by atoms with Gasteiger partial charge in [0.05, 0.1) is 20.3 Å². The molecule has 6 heteroatoms. The lowest BCUT2D eigenvalue weighted by atomic mass is 9.80. The first kappa shape index (κ1) is 16.4. The van der Waals surface area contributed by atoms with E-state index in [1.54, 1.807) is 14.2 Å². The Morgan fingerprint density at radius 3 is 2.60 bits per heavy atom. The van der Waals surface area contributed by atoms with Gasteiger partial charge in [-0.25, -0.2) is 4.79 Å². The number of nitrogens with one attached hydrogen (secondary N) is 1. The Kier molecular flexibility index (Phi) is 5.11. The number of rotatable bonds is 3. The number of cyclic esters (lactones) is 1. The molecule has 1 aromatic carbocycles. The predicted molar refractivity (Wildman–Crippen MR) is 77.8 cm³/mol. The molecule has 1 amide bonds. The number of carbonyl (C=O) groups excluding carboxylic acids is 1. The van der Waals surface area contributed by atoms with Crippen molar-refractivity contribution < 1.29 is 19.0 Å². The summed E-state index contributed by atoms with van der Waals surface area (Å²) in [5.74, 6) is 1.41. The minimum atomic E-state index is -0.401. The topological polar surface area (TPSA) is 56.8 Å². The van der Waals surface area contributed by atoms with Crippen molar-refractivity contribution in [2.24, 2.45) is 5.41 Å². The standard InChI is InChI=1S/C14H19NO4.ClH/c1-14(2)8-19-13(16)15-12(14)10-6-5-9(17-3)7-11(10)18-4;/h5-7,12H,8H2,1-4H3,(H,15,16);1H/t12-;/m1./s1. The zero-order valence-corrected chi connectivity index (χ0v) is 12.9. The van der Waals surface area contributed by atoms with Crippen LogP contribution in [0.2, 0.25) is 0 Å². The fourth-order valence-electron chi connectivity index (χ4n) is 2.25. The average molecular weight is 302 g/mol. The third-order valence-electron chi connectivity index (χ3n) is 3.37. The molecule has 20 heavy (non-hydrogen) atoms. The largest absolute Gasteiger partial charge is 0.497 e. The quantitative estimate of drug-likeness (QED) is 0.932. The summed E-state index contributed by atoms with van der Waals surface area (Å²) in [6.07, 6.45) is -0.401. The molecular formula is C14H20ClNO4. The molecule has 0 unspecified atom stereocenters. The van der Waals surface area contributed by atoms with Gasteiger partial charge in [0, 0.05) is 17.0 Å². The van der Waals surface area contributed by atoms with Crippen LogP contribution in [0.5, 0.6) is 11.5 Å². The van der Waals surface area contributed by atoms with Gasteiger partial charge in [0.25, 0.3) is 0 Å². The number of amides is 1. The minimum Gasteiger partial charge on any atom is -0.497 e. The number of alkyl carbamates (subject to hydrolysis) is 1. The highest BCUT2D eigenvalue weighted by molar-refractivity contribution is 5.85. The third kappa shape index (κ3) is 3.10. The van der Waals surface area contributed by atoms with Crippen molar-refractivity contribution in [2.75, 3.05) is 20.8 Å². The summed E-state index contributed by atoms with van der Waals surface area (Å²) in [7, 11) is 3.21. The highest BCUT2D eigenvalue weighted by Gasteiger charge is 2.39. The summed E-state index contributed by atoms with van der Waals surface area (Å²) in [5, 5.41) is 2.85. The Bertz CT molecular complexity index is 490. The molecule has 1 aliphatic heterocycles. The monoisotopic (exact) mass is 301 g/mol. The van der Waals surface area contributed by atoms with Crippen LogP contribution >= 0.6 is 12.4 Å². The molecule has 112 valence electrons. The second-order valence-electron chi connectivity index (χ2n) is 5.25. The van der Waals surface area contributed by atoms with Crippen LogP contribution in [0.15, 0.2) is 18.2 Å². The van der Waals surface area contributed by atoms with Crippen molar-refractivity contribution in [1.29, 1.82) is 0 Å². The van der Waals surface area contributed by atoms with Gasteiger partial charge in [-0.1, -0.05) is 13.8 Å². The summed E-state index contributed by atoms with van der Waals surface area (Å²) in [6, 6.07) is 5.42. The fourth-order valence-corrected chi connectivity index (χ4v) is 2.25. The maximum Gasteiger partial charge on any atom is 0.407 e. The van der Waals surface area contributed by atoms with E-state index in [4.69, 9.17) is 14.2 Å². The number of hydrogen-bond donors (Lipinski definition) is 1. The van der Waals surface area contributed by atoms with E-state index in [1.165, 1.54) is 0 Å². The molecule has 1 aromatic rings. The minimum absolute atomic E-state index is 0. The first-order valence-corrected chi connectivity index (χ1v) is 6.13. The van der Waals surface area contributed by atoms with Crippen molar-refractivity contribution in [3.8, 4) is 11.5 Å². The molecule has 1 atom stereocenters. The lowest BCUT2D eigenvalue weighted by Gasteiger charge is -2.39. The Hall–Kier alpha value is -1.62. The van der Waals surface area contributed by atoms with Crippen LogP contribution in [-0.2, 0) is 4.74 Å². The van der Waals surface area contributed by atoms with Crippen LogP contribution in [0.3, 0.4) is 0 Å². The van der Waals surface area contributed by atoms with Crippen molar-refractivity contribution in [3.63, 3.8) is 0 Å². The number of carbonyl (C=O) groups is 1. The number of hydrogen-bond acceptors (Lipinski definition) is 4. The van der Waals surface area contributed by atoms with Gasteiger partial charge >= 0.3 is 6.09 Å². The molecule has 1 N–H and O–H groups in total. The van der Waals surface area contributed by atoms with Gasteiger partial charge < -0.3 is 19.5 Å². The Morgan fingerprint density at radius 1 is 1.30 bits per heavy atom. The summed E-state index contributed by atoms with van der Waals surface area (Å²) in [5.41, 5.74) is 0.709. The van der Waals surface area contributed by atoms with Crippen LogP contribution in [0.25, 0.3) is 0 Å². The molecule has 0 saturated carbocycles. The lowest BCUT2D eigenvalue weighted by molar-refractivity contribution is 0.0381. The van der Waals surface area contributed by atoms with Gasteiger partial charge in [-0.15, -0.1) is 12.4 Å². The molecule has 1 fully saturated rings. The summed E-state index contributed by atoms with van der Waals surface area (Å²) >= 11 is 0. The molecule has 1 saturated heterocycles. The third-order valence-corrected chi connectivity index (χ3v) is 3.37. The number of methoxy groups -OCH3 is 2. The first-order valence-electron chi connectivity index (χ1n) is 6.13. The van der Waals surface area contributed by atoms with Crippen LogP contribution in [0, 0.1) is 5.41 Å². The number of benzene rings is 1. The molecule has 0 bridgehead atoms. The van der Waals surface area contributed by atoms with Gasteiger partial charge in [-0.3, -0.25) is 0 Å². The van der Waals surface area contributed by atoms with Gasteiger partial charge in [-0.05, 0) is 12.1 Å². The molecular weight excluding hydrogens is 282 g/mol. The smallest absolute Gasteiger partial charge is 0.407 e. The van der Waals surface area contributed by atoms with Crippen LogP contribution < -0.4 is 14.8 Å². The van der Waals surface area contributed by atoms with Crippen LogP contribution in [0.1, 0.15) is 25.5 Å². The van der Waals surface area contributed by atoms with Crippen LogP contribution in [0.4, 0.5) is 4.79 Å². The number of halogens is 1. The van der Waals surface area contributed by atoms with E-state index in [0.29, 0.717) is 12.4 Å². The van der Waals surface area contributed by atoms with Gasteiger partial charge in [0.2, 0.25) is 0 Å². The maximum absolute atomic E-state index is 11.5. The molecule has 0 radical (unpaired) electrons. The van der Waals surface area contributed by atoms with E-state index in [0.717, 1.165) is 11.3 Å². The second-order valence-corrected chi connectivity index (χ2v) is 5.25. The van der Waals surface area contributed by atoms with Crippen LogP contribution in [-0.4, -0.2) is 26.9 Å². The summed E-state index contributed by atoms with van der Waals surface area (Å²) < 4.78 is 15.6. The van der Waals surface area contributed by atoms with E-state index in [-0.39, 0.29) is 23.9 Å². The Balaban J connectivity index is 0.00000200. The molecule has 1 aliphatic rings. The summed E-state index contributed by atoms with van der Waals surface area (Å²) in [6.45, 7) is 4.46. The molecule has 0 spiro atoms. The van der Waals surface area contributed by atoms with Gasteiger partial charge in [0.15, 0.2) is 0 Å². The van der Waals surface area contributed by atoms with Crippen molar-refractivity contribution in [2.45, 2.75) is 19.9 Å². The number of ether oxygens (including phenoxy) is 3. The molecule has 1 heterocycles. The van der Waals surface area contributed by atoms with Crippen molar-refractivity contribution in [1.82, 2.24) is 5.32 Å². The molecule has 0 aromatic heterocycles. The van der Waals surface area contributed by atoms with E-state index in [1.807, 2.05) is 32.0 Å². The van der Waals surface area contributed by atoms with Gasteiger partial charge in [-0.2, -0.15) is 0 Å². The average Bonchev–Trinajstić information content (AvgIpc) is 2.41. The van der Waals surface area contributed by atoms with E-state index in [9.17, 15) is 4.79 Å². The second kappa shape index (κ2) is 6.22. The Morgan fingerprint density at radius 2 is 2.00 bits per heavy atom. The molecule has 5 nitrogen and oxygen atoms in total. The Labute approximate surface area is 125 Å². The lowest BCUT2D eigenvalue weighted by Crippen LogP contribution is -2.47. The predicted octanol–water partition coefficient (Wildman–Crippen LogP) is 2.93. The normalized spacial score (nSPS) is 20.2.